The van der Waals surface area contributed by atoms with E-state index < -0.39 is 0 Å². The molecule has 0 aliphatic rings. The minimum absolute atomic E-state index is 0.169. The molecule has 1 atom stereocenters. The van der Waals surface area contributed by atoms with Crippen LogP contribution in [0.3, 0.4) is 0 Å². The van der Waals surface area contributed by atoms with Crippen molar-refractivity contribution in [3.8, 4) is 0 Å². The van der Waals surface area contributed by atoms with Crippen molar-refractivity contribution in [1.82, 2.24) is 4.90 Å². The fraction of sp³-hybridized carbons (Fsp3) is 0.917. The number of carbonyl (C=O) groups is 1. The van der Waals surface area contributed by atoms with Crippen molar-refractivity contribution in [1.29, 1.82) is 0 Å². The molecule has 0 saturated heterocycles. The number of carbonyl (C=O) groups excluding carboxylic acids is 1. The largest absolute Gasteiger partial charge is 0.303 e. The second kappa shape index (κ2) is 6.18. The lowest BCUT2D eigenvalue weighted by atomic mass is 9.88. The maximum atomic E-state index is 11.0. The number of rotatable bonds is 7. The summed E-state index contributed by atoms with van der Waals surface area (Å²) in [6.07, 6.45) is 4.34. The third kappa shape index (κ3) is 3.79. The molecule has 0 aromatic rings. The molecule has 0 N–H and O–H groups in total. The molecule has 2 nitrogen and oxygen atoms in total. The van der Waals surface area contributed by atoms with Gasteiger partial charge in [-0.3, -0.25) is 0 Å². The van der Waals surface area contributed by atoms with E-state index in [-0.39, 0.29) is 5.41 Å². The second-order valence-corrected chi connectivity index (χ2v) is 4.51. The van der Waals surface area contributed by atoms with Gasteiger partial charge in [-0.25, -0.2) is 0 Å². The predicted octanol–water partition coefficient (Wildman–Crippen LogP) is 2.72. The lowest BCUT2D eigenvalue weighted by Gasteiger charge is -2.33. The van der Waals surface area contributed by atoms with E-state index in [1.54, 1.807) is 0 Å². The molecular weight excluding hydrogens is 174 g/mol. The van der Waals surface area contributed by atoms with Crippen molar-refractivity contribution in [2.24, 2.45) is 5.41 Å². The molecule has 0 bridgehead atoms. The van der Waals surface area contributed by atoms with Gasteiger partial charge in [0, 0.05) is 18.0 Å². The Balaban J connectivity index is 4.27. The van der Waals surface area contributed by atoms with Gasteiger partial charge in [0.15, 0.2) is 0 Å². The summed E-state index contributed by atoms with van der Waals surface area (Å²) in [6, 6.07) is 0.612. The summed E-state index contributed by atoms with van der Waals surface area (Å²) in [5, 5.41) is 0. The molecular formula is C12H25NO. The molecule has 0 saturated carbocycles. The van der Waals surface area contributed by atoms with E-state index in [4.69, 9.17) is 0 Å². The Morgan fingerprint density at radius 1 is 1.29 bits per heavy atom. The van der Waals surface area contributed by atoms with Gasteiger partial charge in [0.25, 0.3) is 0 Å². The van der Waals surface area contributed by atoms with Crippen molar-refractivity contribution in [2.75, 3.05) is 13.6 Å². The van der Waals surface area contributed by atoms with Gasteiger partial charge in [-0.15, -0.1) is 0 Å². The summed E-state index contributed by atoms with van der Waals surface area (Å²) in [7, 11) is 2.12. The molecule has 0 radical (unpaired) electrons. The van der Waals surface area contributed by atoms with Crippen LogP contribution >= 0.6 is 0 Å². The Hall–Kier alpha value is -0.370. The topological polar surface area (TPSA) is 20.3 Å². The highest BCUT2D eigenvalue weighted by Gasteiger charge is 2.25. The van der Waals surface area contributed by atoms with Gasteiger partial charge in [-0.2, -0.15) is 0 Å². The Morgan fingerprint density at radius 2 is 1.79 bits per heavy atom. The van der Waals surface area contributed by atoms with Crippen LogP contribution in [0.5, 0.6) is 0 Å². The smallest absolute Gasteiger partial charge is 0.127 e. The molecule has 14 heavy (non-hydrogen) atoms. The quantitative estimate of drug-likeness (QED) is 0.588. The minimum atomic E-state index is -0.169. The number of aldehydes is 1. The van der Waals surface area contributed by atoms with Gasteiger partial charge < -0.3 is 9.69 Å². The van der Waals surface area contributed by atoms with E-state index in [1.165, 1.54) is 0 Å². The fourth-order valence-electron chi connectivity index (χ4n) is 1.84. The van der Waals surface area contributed by atoms with Crippen LogP contribution in [-0.2, 0) is 4.79 Å². The predicted molar refractivity (Wildman–Crippen MR) is 61.5 cm³/mol. The third-order valence-corrected chi connectivity index (χ3v) is 3.27. The molecule has 0 heterocycles. The molecule has 0 rings (SSSR count). The van der Waals surface area contributed by atoms with Crippen LogP contribution in [0.4, 0.5) is 0 Å². The monoisotopic (exact) mass is 199 g/mol. The standard InChI is InChI=1S/C12H25NO/c1-6-11(7-2)13(5)9-12(4,8-3)10-14/h10-11H,6-9H2,1-5H3. The molecule has 0 spiro atoms. The zero-order valence-corrected chi connectivity index (χ0v) is 10.3. The summed E-state index contributed by atoms with van der Waals surface area (Å²) >= 11 is 0. The van der Waals surface area contributed by atoms with Crippen molar-refractivity contribution >= 4 is 6.29 Å². The highest BCUT2D eigenvalue weighted by molar-refractivity contribution is 5.58. The summed E-state index contributed by atoms with van der Waals surface area (Å²) in [5.74, 6) is 0. The molecule has 0 aliphatic carbocycles. The first-order chi connectivity index (χ1) is 6.52. The van der Waals surface area contributed by atoms with Crippen LogP contribution in [0.25, 0.3) is 0 Å². The normalized spacial score (nSPS) is 15.9. The zero-order chi connectivity index (χ0) is 11.2. The lowest BCUT2D eigenvalue weighted by Crippen LogP contribution is -2.40. The van der Waals surface area contributed by atoms with E-state index in [1.807, 2.05) is 6.92 Å². The molecule has 0 fully saturated rings. The van der Waals surface area contributed by atoms with Gasteiger partial charge in [0.2, 0.25) is 0 Å². The summed E-state index contributed by atoms with van der Waals surface area (Å²) < 4.78 is 0. The van der Waals surface area contributed by atoms with Crippen molar-refractivity contribution in [3.63, 3.8) is 0 Å². The van der Waals surface area contributed by atoms with Gasteiger partial charge in [-0.05, 0) is 26.3 Å². The van der Waals surface area contributed by atoms with E-state index in [9.17, 15) is 4.79 Å². The average Bonchev–Trinajstić information content (AvgIpc) is 2.19. The van der Waals surface area contributed by atoms with Gasteiger partial charge in [0.05, 0.1) is 0 Å². The summed E-state index contributed by atoms with van der Waals surface area (Å²) in [5.41, 5.74) is -0.169. The Bertz CT molecular complexity index is 166. The summed E-state index contributed by atoms with van der Waals surface area (Å²) in [4.78, 5) is 13.3. The number of nitrogens with zero attached hydrogens (tertiary/aromatic N) is 1. The van der Waals surface area contributed by atoms with Crippen LogP contribution in [-0.4, -0.2) is 30.8 Å². The molecule has 2 heteroatoms. The molecule has 0 aliphatic heterocycles. The van der Waals surface area contributed by atoms with Crippen molar-refractivity contribution in [2.45, 2.75) is 53.0 Å². The lowest BCUT2D eigenvalue weighted by molar-refractivity contribution is -0.116. The average molecular weight is 199 g/mol. The highest BCUT2D eigenvalue weighted by Crippen LogP contribution is 2.21. The third-order valence-electron chi connectivity index (χ3n) is 3.27. The first-order valence-electron chi connectivity index (χ1n) is 5.69. The van der Waals surface area contributed by atoms with Gasteiger partial charge in [-0.1, -0.05) is 27.7 Å². The first-order valence-corrected chi connectivity index (χ1v) is 5.69. The molecule has 1 unspecified atom stereocenters. The minimum Gasteiger partial charge on any atom is -0.303 e. The van der Waals surface area contributed by atoms with Crippen molar-refractivity contribution in [3.05, 3.63) is 0 Å². The van der Waals surface area contributed by atoms with Crippen LogP contribution in [0.1, 0.15) is 47.0 Å². The molecule has 0 aromatic carbocycles. The molecule has 0 aromatic heterocycles. The highest BCUT2D eigenvalue weighted by atomic mass is 16.1. The van der Waals surface area contributed by atoms with Crippen LogP contribution in [0.15, 0.2) is 0 Å². The maximum absolute atomic E-state index is 11.0. The Kier molecular flexibility index (Phi) is 6.01. The van der Waals surface area contributed by atoms with Crippen molar-refractivity contribution < 1.29 is 4.79 Å². The van der Waals surface area contributed by atoms with Gasteiger partial charge in [0.1, 0.15) is 6.29 Å². The van der Waals surface area contributed by atoms with E-state index in [0.29, 0.717) is 6.04 Å². The van der Waals surface area contributed by atoms with E-state index in [0.717, 1.165) is 32.1 Å². The van der Waals surface area contributed by atoms with Crippen LogP contribution < -0.4 is 0 Å². The summed E-state index contributed by atoms with van der Waals surface area (Å²) in [6.45, 7) is 9.40. The fourth-order valence-corrected chi connectivity index (χ4v) is 1.84. The van der Waals surface area contributed by atoms with Crippen LogP contribution in [0.2, 0.25) is 0 Å². The van der Waals surface area contributed by atoms with E-state index >= 15 is 0 Å². The second-order valence-electron chi connectivity index (χ2n) is 4.51. The van der Waals surface area contributed by atoms with Crippen LogP contribution in [0, 0.1) is 5.41 Å². The maximum Gasteiger partial charge on any atom is 0.127 e. The number of hydrogen-bond donors (Lipinski definition) is 0. The SMILES string of the molecule is CCC(CC)N(C)CC(C)(C=O)CC. The zero-order valence-electron chi connectivity index (χ0n) is 10.3. The molecule has 0 amide bonds. The Labute approximate surface area is 88.7 Å². The van der Waals surface area contributed by atoms with Gasteiger partial charge >= 0.3 is 0 Å². The molecule has 84 valence electrons. The first kappa shape index (κ1) is 13.6. The van der Waals surface area contributed by atoms with E-state index in [2.05, 4.69) is 32.7 Å². The number of hydrogen-bond acceptors (Lipinski definition) is 2. The Morgan fingerprint density at radius 3 is 2.07 bits per heavy atom.